The Balaban J connectivity index is 2.02. The number of carbonyl (C=O) groups is 2. The predicted molar refractivity (Wildman–Crippen MR) is 87.5 cm³/mol. The van der Waals surface area contributed by atoms with Crippen LogP contribution in [0.2, 0.25) is 0 Å². The second-order valence-electron chi connectivity index (χ2n) is 5.87. The first-order chi connectivity index (χ1) is 11.3. The standard InChI is InChI=1S/C17H21N3O4/c1-12-13(2)20(11-18-12)10-17(3,15(21)22)19-16(23)24-9-14-7-5-4-6-8-14/h4-8,11H,9-10H2,1-3H3,(H,19,23)(H,21,22). The molecule has 0 fully saturated rings. The number of hydrogen-bond donors (Lipinski definition) is 2. The Kier molecular flexibility index (Phi) is 5.23. The van der Waals surface area contributed by atoms with Crippen LogP contribution in [-0.4, -0.2) is 32.3 Å². The van der Waals surface area contributed by atoms with Gasteiger partial charge >= 0.3 is 12.1 Å². The molecule has 24 heavy (non-hydrogen) atoms. The summed E-state index contributed by atoms with van der Waals surface area (Å²) in [7, 11) is 0. The summed E-state index contributed by atoms with van der Waals surface area (Å²) in [5, 5.41) is 12.0. The van der Waals surface area contributed by atoms with Gasteiger partial charge in [0, 0.05) is 5.69 Å². The highest BCUT2D eigenvalue weighted by atomic mass is 16.5. The number of rotatable bonds is 6. The van der Waals surface area contributed by atoms with E-state index in [0.29, 0.717) is 0 Å². The summed E-state index contributed by atoms with van der Waals surface area (Å²) in [6.45, 7) is 5.25. The Morgan fingerprint density at radius 3 is 2.50 bits per heavy atom. The van der Waals surface area contributed by atoms with E-state index in [4.69, 9.17) is 4.74 Å². The normalized spacial score (nSPS) is 13.1. The molecule has 1 amide bonds. The molecule has 7 heteroatoms. The van der Waals surface area contributed by atoms with Crippen molar-refractivity contribution in [2.75, 3.05) is 0 Å². The number of alkyl carbamates (subject to hydrolysis) is 1. The molecule has 0 saturated carbocycles. The predicted octanol–water partition coefficient (Wildman–Crippen LogP) is 2.27. The molecule has 1 aromatic heterocycles. The van der Waals surface area contributed by atoms with Gasteiger partial charge in [-0.15, -0.1) is 0 Å². The number of carboxylic acids is 1. The maximum atomic E-state index is 12.0. The fourth-order valence-corrected chi connectivity index (χ4v) is 2.19. The number of aromatic nitrogens is 2. The highest BCUT2D eigenvalue weighted by molar-refractivity contribution is 5.83. The first kappa shape index (κ1) is 17.5. The number of benzene rings is 1. The summed E-state index contributed by atoms with van der Waals surface area (Å²) < 4.78 is 6.80. The molecule has 0 bridgehead atoms. The number of nitrogens with one attached hydrogen (secondary N) is 1. The Labute approximate surface area is 140 Å². The quantitative estimate of drug-likeness (QED) is 0.847. The maximum Gasteiger partial charge on any atom is 0.408 e. The van der Waals surface area contributed by atoms with Crippen molar-refractivity contribution in [2.24, 2.45) is 0 Å². The second-order valence-corrected chi connectivity index (χ2v) is 5.87. The zero-order chi connectivity index (χ0) is 17.7. The molecule has 0 spiro atoms. The van der Waals surface area contributed by atoms with Gasteiger partial charge < -0.3 is 19.7 Å². The molecule has 7 nitrogen and oxygen atoms in total. The molecular weight excluding hydrogens is 310 g/mol. The van der Waals surface area contributed by atoms with E-state index in [1.807, 2.05) is 44.2 Å². The molecule has 1 unspecified atom stereocenters. The smallest absolute Gasteiger partial charge is 0.408 e. The lowest BCUT2D eigenvalue weighted by atomic mass is 10.0. The van der Waals surface area contributed by atoms with Crippen LogP contribution >= 0.6 is 0 Å². The van der Waals surface area contributed by atoms with Crippen LogP contribution in [0.4, 0.5) is 4.79 Å². The molecule has 0 aliphatic carbocycles. The van der Waals surface area contributed by atoms with Crippen molar-refractivity contribution < 1.29 is 19.4 Å². The van der Waals surface area contributed by atoms with Gasteiger partial charge in [-0.25, -0.2) is 14.6 Å². The summed E-state index contributed by atoms with van der Waals surface area (Å²) in [6.07, 6.45) is 0.779. The van der Waals surface area contributed by atoms with Crippen LogP contribution in [0.1, 0.15) is 23.9 Å². The van der Waals surface area contributed by atoms with Gasteiger partial charge in [0.25, 0.3) is 0 Å². The van der Waals surface area contributed by atoms with E-state index >= 15 is 0 Å². The molecule has 0 saturated heterocycles. The summed E-state index contributed by atoms with van der Waals surface area (Å²) in [6, 6.07) is 9.17. The van der Waals surface area contributed by atoms with Gasteiger partial charge in [-0.2, -0.15) is 0 Å². The second kappa shape index (κ2) is 7.16. The van der Waals surface area contributed by atoms with E-state index in [1.54, 1.807) is 10.9 Å². The zero-order valence-electron chi connectivity index (χ0n) is 13.9. The Hall–Kier alpha value is -2.83. The van der Waals surface area contributed by atoms with E-state index in [0.717, 1.165) is 17.0 Å². The number of aryl methyl sites for hydroxylation is 1. The maximum absolute atomic E-state index is 12.0. The number of amides is 1. The van der Waals surface area contributed by atoms with Crippen LogP contribution in [0.15, 0.2) is 36.7 Å². The summed E-state index contributed by atoms with van der Waals surface area (Å²) in [5.41, 5.74) is 0.980. The van der Waals surface area contributed by atoms with Gasteiger partial charge in [0.15, 0.2) is 5.54 Å². The molecule has 2 N–H and O–H groups in total. The number of carbonyl (C=O) groups excluding carboxylic acids is 1. The molecule has 2 rings (SSSR count). The third-order valence-corrected chi connectivity index (χ3v) is 3.89. The highest BCUT2D eigenvalue weighted by Gasteiger charge is 2.36. The molecule has 128 valence electrons. The van der Waals surface area contributed by atoms with Gasteiger partial charge in [0.05, 0.1) is 18.6 Å². The molecular formula is C17H21N3O4. The van der Waals surface area contributed by atoms with Gasteiger partial charge in [-0.3, -0.25) is 0 Å². The third-order valence-electron chi connectivity index (χ3n) is 3.89. The lowest BCUT2D eigenvalue weighted by Crippen LogP contribution is -2.55. The molecule has 0 radical (unpaired) electrons. The van der Waals surface area contributed by atoms with Crippen molar-refractivity contribution in [3.63, 3.8) is 0 Å². The summed E-state index contributed by atoms with van der Waals surface area (Å²) >= 11 is 0. The minimum Gasteiger partial charge on any atom is -0.479 e. The van der Waals surface area contributed by atoms with E-state index in [2.05, 4.69) is 10.3 Å². The Morgan fingerprint density at radius 2 is 1.96 bits per heavy atom. The lowest BCUT2D eigenvalue weighted by Gasteiger charge is -2.26. The van der Waals surface area contributed by atoms with Crippen molar-refractivity contribution in [3.05, 3.63) is 53.6 Å². The molecule has 0 aliphatic rings. The number of ether oxygens (including phenoxy) is 1. The number of aliphatic carboxylic acids is 1. The zero-order valence-corrected chi connectivity index (χ0v) is 13.9. The lowest BCUT2D eigenvalue weighted by molar-refractivity contribution is -0.144. The minimum absolute atomic E-state index is 0.0510. The van der Waals surface area contributed by atoms with Crippen molar-refractivity contribution in [3.8, 4) is 0 Å². The van der Waals surface area contributed by atoms with Crippen LogP contribution in [0.3, 0.4) is 0 Å². The van der Waals surface area contributed by atoms with E-state index < -0.39 is 17.6 Å². The summed E-state index contributed by atoms with van der Waals surface area (Å²) in [5.74, 6) is -1.15. The molecule has 1 aromatic carbocycles. The van der Waals surface area contributed by atoms with E-state index in [9.17, 15) is 14.7 Å². The topological polar surface area (TPSA) is 93.5 Å². The van der Waals surface area contributed by atoms with Crippen molar-refractivity contribution >= 4 is 12.1 Å². The van der Waals surface area contributed by atoms with E-state index in [1.165, 1.54) is 6.92 Å². The van der Waals surface area contributed by atoms with Gasteiger partial charge in [0.1, 0.15) is 6.61 Å². The van der Waals surface area contributed by atoms with Crippen LogP contribution in [0.25, 0.3) is 0 Å². The molecule has 1 atom stereocenters. The highest BCUT2D eigenvalue weighted by Crippen LogP contribution is 2.13. The SMILES string of the molecule is Cc1ncn(CC(C)(NC(=O)OCc2ccccc2)C(=O)O)c1C. The van der Waals surface area contributed by atoms with Gasteiger partial charge in [-0.1, -0.05) is 30.3 Å². The summed E-state index contributed by atoms with van der Waals surface area (Å²) in [4.78, 5) is 27.8. The third kappa shape index (κ3) is 4.13. The average molecular weight is 331 g/mol. The van der Waals surface area contributed by atoms with Crippen molar-refractivity contribution in [2.45, 2.75) is 39.5 Å². The number of hydrogen-bond acceptors (Lipinski definition) is 4. The molecule has 2 aromatic rings. The largest absolute Gasteiger partial charge is 0.479 e. The van der Waals surface area contributed by atoms with Crippen LogP contribution in [-0.2, 0) is 22.7 Å². The molecule has 1 heterocycles. The number of imidazole rings is 1. The average Bonchev–Trinajstić information content (AvgIpc) is 2.85. The number of nitrogens with zero attached hydrogens (tertiary/aromatic N) is 2. The number of carboxylic acid groups (broad SMARTS) is 1. The first-order valence-electron chi connectivity index (χ1n) is 7.52. The van der Waals surface area contributed by atoms with Gasteiger partial charge in [-0.05, 0) is 26.3 Å². The molecule has 0 aliphatic heterocycles. The first-order valence-corrected chi connectivity index (χ1v) is 7.52. The fraction of sp³-hybridized carbons (Fsp3) is 0.353. The fourth-order valence-electron chi connectivity index (χ4n) is 2.19. The van der Waals surface area contributed by atoms with Crippen LogP contribution < -0.4 is 5.32 Å². The monoisotopic (exact) mass is 331 g/mol. The Bertz CT molecular complexity index is 727. The van der Waals surface area contributed by atoms with Crippen molar-refractivity contribution in [1.82, 2.24) is 14.9 Å². The minimum atomic E-state index is -1.51. The van der Waals surface area contributed by atoms with Crippen LogP contribution in [0, 0.1) is 13.8 Å². The van der Waals surface area contributed by atoms with Crippen molar-refractivity contribution in [1.29, 1.82) is 0 Å². The van der Waals surface area contributed by atoms with E-state index in [-0.39, 0.29) is 13.2 Å². The van der Waals surface area contributed by atoms with Crippen LogP contribution in [0.5, 0.6) is 0 Å². The van der Waals surface area contributed by atoms with Gasteiger partial charge in [0.2, 0.25) is 0 Å². The Morgan fingerprint density at radius 1 is 1.29 bits per heavy atom.